The average Bonchev–Trinajstić information content (AvgIpc) is 2.61. The maximum absolute atomic E-state index is 11.3. The van der Waals surface area contributed by atoms with Gasteiger partial charge in [-0.3, -0.25) is 4.79 Å². The normalized spacial score (nSPS) is 18.8. The highest BCUT2D eigenvalue weighted by Gasteiger charge is 2.33. The predicted molar refractivity (Wildman–Crippen MR) is 93.2 cm³/mol. The minimum atomic E-state index is -0.390. The summed E-state index contributed by atoms with van der Waals surface area (Å²) in [6, 6.07) is 13.6. The molecule has 0 amide bonds. The van der Waals surface area contributed by atoms with Gasteiger partial charge in [0, 0.05) is 31.6 Å². The zero-order chi connectivity index (χ0) is 17.8. The molecule has 132 valence electrons. The number of carbonyl (C=O) groups is 1. The van der Waals surface area contributed by atoms with Crippen molar-refractivity contribution >= 4 is 5.97 Å². The molecule has 0 saturated carbocycles. The van der Waals surface area contributed by atoms with Crippen LogP contribution in [0.1, 0.15) is 31.1 Å². The summed E-state index contributed by atoms with van der Waals surface area (Å²) in [5.74, 6) is 1.19. The Morgan fingerprint density at radius 3 is 2.60 bits per heavy atom. The minimum absolute atomic E-state index is 0.113. The van der Waals surface area contributed by atoms with Crippen molar-refractivity contribution in [3.8, 4) is 17.2 Å². The monoisotopic (exact) mass is 342 g/mol. The van der Waals surface area contributed by atoms with Crippen LogP contribution >= 0.6 is 0 Å². The third-order valence-corrected chi connectivity index (χ3v) is 4.12. The Bertz CT molecular complexity index is 741. The zero-order valence-electron chi connectivity index (χ0n) is 14.7. The Hall–Kier alpha value is -2.53. The first-order valence-corrected chi connectivity index (χ1v) is 8.35. The van der Waals surface area contributed by atoms with E-state index < -0.39 is 5.97 Å². The highest BCUT2D eigenvalue weighted by molar-refractivity contribution is 5.71. The van der Waals surface area contributed by atoms with E-state index in [4.69, 9.17) is 18.9 Å². The fourth-order valence-corrected chi connectivity index (χ4v) is 3.07. The quantitative estimate of drug-likeness (QED) is 0.612. The molecule has 5 heteroatoms. The fourth-order valence-electron chi connectivity index (χ4n) is 3.07. The maximum atomic E-state index is 11.3. The number of benzene rings is 2. The van der Waals surface area contributed by atoms with Gasteiger partial charge >= 0.3 is 5.97 Å². The van der Waals surface area contributed by atoms with Crippen molar-refractivity contribution in [1.82, 2.24) is 0 Å². The number of rotatable bonds is 5. The summed E-state index contributed by atoms with van der Waals surface area (Å²) in [4.78, 5) is 11.3. The Morgan fingerprint density at radius 1 is 1.20 bits per heavy atom. The molecule has 2 atom stereocenters. The lowest BCUT2D eigenvalue weighted by Gasteiger charge is -2.34. The van der Waals surface area contributed by atoms with Crippen molar-refractivity contribution < 1.29 is 23.7 Å². The summed E-state index contributed by atoms with van der Waals surface area (Å²) in [5, 5.41) is 0. The van der Waals surface area contributed by atoms with Gasteiger partial charge in [-0.15, -0.1) is 0 Å². The van der Waals surface area contributed by atoms with Gasteiger partial charge in [-0.2, -0.15) is 0 Å². The van der Waals surface area contributed by atoms with E-state index in [-0.39, 0.29) is 12.2 Å². The van der Waals surface area contributed by atoms with Crippen LogP contribution in [-0.2, 0) is 16.0 Å². The number of hydrogen-bond acceptors (Lipinski definition) is 5. The van der Waals surface area contributed by atoms with Crippen LogP contribution in [0.3, 0.4) is 0 Å². The van der Waals surface area contributed by atoms with E-state index in [1.165, 1.54) is 14.0 Å². The number of esters is 1. The smallest absolute Gasteiger partial charge is 0.308 e. The summed E-state index contributed by atoms with van der Waals surface area (Å²) in [6.45, 7) is 3.93. The van der Waals surface area contributed by atoms with Crippen molar-refractivity contribution in [3.63, 3.8) is 0 Å². The minimum Gasteiger partial charge on any atom is -0.493 e. The van der Waals surface area contributed by atoms with Crippen molar-refractivity contribution in [2.45, 2.75) is 32.5 Å². The van der Waals surface area contributed by atoms with Crippen LogP contribution in [-0.4, -0.2) is 25.8 Å². The van der Waals surface area contributed by atoms with E-state index >= 15 is 0 Å². The van der Waals surface area contributed by atoms with E-state index in [2.05, 4.69) is 0 Å². The summed E-state index contributed by atoms with van der Waals surface area (Å²) < 4.78 is 22.7. The van der Waals surface area contributed by atoms with Gasteiger partial charge < -0.3 is 18.9 Å². The van der Waals surface area contributed by atoms with Gasteiger partial charge in [0.2, 0.25) is 0 Å². The topological polar surface area (TPSA) is 54.0 Å². The molecule has 0 bridgehead atoms. The number of fused-ring (bicyclic) bond motifs is 1. The number of methoxy groups -OCH3 is 1. The predicted octanol–water partition coefficient (Wildman–Crippen LogP) is 3.70. The molecular weight excluding hydrogens is 320 g/mol. The molecule has 5 nitrogen and oxygen atoms in total. The summed E-state index contributed by atoms with van der Waals surface area (Å²) >= 11 is 0. The van der Waals surface area contributed by atoms with Crippen molar-refractivity contribution in [3.05, 3.63) is 53.6 Å². The van der Waals surface area contributed by atoms with Gasteiger partial charge in [-0.1, -0.05) is 30.3 Å². The molecule has 0 spiro atoms. The first-order valence-electron chi connectivity index (χ1n) is 8.35. The molecule has 1 heterocycles. The largest absolute Gasteiger partial charge is 0.493 e. The lowest BCUT2D eigenvalue weighted by atomic mass is 9.94. The third kappa shape index (κ3) is 3.77. The SMILES string of the molecule is CCOC1Cc2cc(OC(C)=O)c(OC)cc2OC1c1ccccc1. The second-order valence-electron chi connectivity index (χ2n) is 5.85. The first kappa shape index (κ1) is 17.3. The molecule has 0 aliphatic carbocycles. The van der Waals surface area contributed by atoms with E-state index in [9.17, 15) is 4.79 Å². The molecule has 25 heavy (non-hydrogen) atoms. The summed E-state index contributed by atoms with van der Waals surface area (Å²) in [7, 11) is 1.54. The molecule has 0 aromatic heterocycles. The Kier molecular flexibility index (Phi) is 5.24. The maximum Gasteiger partial charge on any atom is 0.308 e. The molecule has 0 fully saturated rings. The Labute approximate surface area is 147 Å². The van der Waals surface area contributed by atoms with E-state index in [0.717, 1.165) is 16.9 Å². The van der Waals surface area contributed by atoms with Crippen LogP contribution in [0, 0.1) is 0 Å². The van der Waals surface area contributed by atoms with Crippen molar-refractivity contribution in [2.24, 2.45) is 0 Å². The van der Waals surface area contributed by atoms with Crippen LogP contribution < -0.4 is 14.2 Å². The number of hydrogen-bond donors (Lipinski definition) is 0. The van der Waals surface area contributed by atoms with E-state index in [0.29, 0.717) is 24.5 Å². The first-order chi connectivity index (χ1) is 12.1. The van der Waals surface area contributed by atoms with E-state index in [1.807, 2.05) is 37.3 Å². The molecule has 2 aromatic rings. The van der Waals surface area contributed by atoms with Gasteiger partial charge in [0.05, 0.1) is 7.11 Å². The van der Waals surface area contributed by atoms with Crippen LogP contribution in [0.4, 0.5) is 0 Å². The van der Waals surface area contributed by atoms with Gasteiger partial charge in [0.1, 0.15) is 11.9 Å². The Balaban J connectivity index is 1.98. The van der Waals surface area contributed by atoms with E-state index in [1.54, 1.807) is 12.1 Å². The molecule has 3 rings (SSSR count). The van der Waals surface area contributed by atoms with Gasteiger partial charge in [0.25, 0.3) is 0 Å². The molecule has 0 saturated heterocycles. The summed E-state index contributed by atoms with van der Waals surface area (Å²) in [5.41, 5.74) is 2.00. The average molecular weight is 342 g/mol. The zero-order valence-corrected chi connectivity index (χ0v) is 14.7. The molecular formula is C20H22O5. The molecule has 1 aliphatic rings. The van der Waals surface area contributed by atoms with Crippen LogP contribution in [0.15, 0.2) is 42.5 Å². The van der Waals surface area contributed by atoms with Gasteiger partial charge in [0.15, 0.2) is 17.6 Å². The lowest BCUT2D eigenvalue weighted by molar-refractivity contribution is -0.132. The highest BCUT2D eigenvalue weighted by atomic mass is 16.6. The number of carbonyl (C=O) groups excluding carboxylic acids is 1. The van der Waals surface area contributed by atoms with Crippen molar-refractivity contribution in [2.75, 3.05) is 13.7 Å². The van der Waals surface area contributed by atoms with Crippen LogP contribution in [0.25, 0.3) is 0 Å². The second kappa shape index (κ2) is 7.57. The molecule has 1 aliphatic heterocycles. The van der Waals surface area contributed by atoms with Crippen LogP contribution in [0.5, 0.6) is 17.2 Å². The number of ether oxygens (including phenoxy) is 4. The van der Waals surface area contributed by atoms with Gasteiger partial charge in [-0.25, -0.2) is 0 Å². The molecule has 2 unspecified atom stereocenters. The van der Waals surface area contributed by atoms with Gasteiger partial charge in [-0.05, 0) is 18.6 Å². The third-order valence-electron chi connectivity index (χ3n) is 4.12. The lowest BCUT2D eigenvalue weighted by Crippen LogP contribution is -2.33. The standard InChI is InChI=1S/C20H22O5/c1-4-23-19-11-15-10-18(24-13(2)21)17(22-3)12-16(15)25-20(19)14-8-6-5-7-9-14/h5-10,12,19-20H,4,11H2,1-3H3. The van der Waals surface area contributed by atoms with Crippen LogP contribution in [0.2, 0.25) is 0 Å². The summed E-state index contributed by atoms with van der Waals surface area (Å²) in [6.07, 6.45) is 0.359. The molecule has 2 aromatic carbocycles. The molecule has 0 radical (unpaired) electrons. The Morgan fingerprint density at radius 2 is 1.96 bits per heavy atom. The molecule has 0 N–H and O–H groups in total. The fraction of sp³-hybridized carbons (Fsp3) is 0.350. The second-order valence-corrected chi connectivity index (χ2v) is 5.85. The van der Waals surface area contributed by atoms with Crippen molar-refractivity contribution in [1.29, 1.82) is 0 Å². The highest BCUT2D eigenvalue weighted by Crippen LogP contribution is 2.42.